The molecular weight excluding hydrogens is 1830 g/mol. The summed E-state index contributed by atoms with van der Waals surface area (Å²) in [7, 11) is 0. The second-order valence-corrected chi connectivity index (χ2v) is 36.9. The van der Waals surface area contributed by atoms with E-state index in [0.29, 0.717) is 22.5 Å². The van der Waals surface area contributed by atoms with Crippen LogP contribution in [0.15, 0.2) is 534 Å². The Morgan fingerprint density at radius 2 is 0.367 bits per heavy atom. The van der Waals surface area contributed by atoms with Crippen molar-refractivity contribution < 1.29 is 0 Å². The second-order valence-electron chi connectivity index (χ2n) is 36.9. The molecule has 27 aromatic rings. The highest BCUT2D eigenvalue weighted by molar-refractivity contribution is 6.16. The van der Waals surface area contributed by atoms with Crippen molar-refractivity contribution in [2.75, 3.05) is 0 Å². The number of pyridine rings is 4. The Bertz CT molecular complexity index is 9230. The summed E-state index contributed by atoms with van der Waals surface area (Å²) in [6.45, 7) is 0. The van der Waals surface area contributed by atoms with Crippen molar-refractivity contribution >= 4 is 87.2 Å². The van der Waals surface area contributed by atoms with Crippen LogP contribution in [0.2, 0.25) is 0 Å². The van der Waals surface area contributed by atoms with E-state index in [4.69, 9.17) is 0 Å². The summed E-state index contributed by atoms with van der Waals surface area (Å²) in [6, 6.07) is 185. The molecule has 0 spiro atoms. The molecule has 8 heterocycles. The first-order chi connectivity index (χ1) is 74.2. The number of benzene rings is 19. The molecular formula is C138H88N12. The lowest BCUT2D eigenvalue weighted by molar-refractivity contribution is 1.18. The zero-order chi connectivity index (χ0) is 101. The van der Waals surface area contributed by atoms with Gasteiger partial charge in [-0.3, -0.25) is 9.97 Å². The molecule has 8 aromatic heterocycles. The van der Waals surface area contributed by atoms with Gasteiger partial charge in [-0.1, -0.05) is 315 Å². The number of rotatable bonds is 15. The topological polar surface area (TPSA) is 166 Å². The fourth-order valence-corrected chi connectivity index (χ4v) is 20.7. The molecule has 0 N–H and O–H groups in total. The molecule has 19 aromatic carbocycles. The Hall–Kier alpha value is -21.1. The largest absolute Gasteiger partial charge is 0.309 e. The van der Waals surface area contributed by atoms with E-state index < -0.39 is 0 Å². The third kappa shape index (κ3) is 18.2. The molecule has 0 unspecified atom stereocenters. The highest BCUT2D eigenvalue weighted by atomic mass is 15.0. The van der Waals surface area contributed by atoms with Gasteiger partial charge in [-0.15, -0.1) is 0 Å². The van der Waals surface area contributed by atoms with Crippen LogP contribution in [0.1, 0.15) is 22.5 Å². The van der Waals surface area contributed by atoms with Crippen molar-refractivity contribution in [3.8, 4) is 170 Å². The van der Waals surface area contributed by atoms with Gasteiger partial charge in [0, 0.05) is 108 Å². The van der Waals surface area contributed by atoms with Gasteiger partial charge in [0.2, 0.25) is 0 Å². The number of nitrogens with zero attached hydrogens (tertiary/aromatic N) is 12. The monoisotopic (exact) mass is 1910 g/mol. The highest BCUT2D eigenvalue weighted by Gasteiger charge is 2.23. The van der Waals surface area contributed by atoms with Crippen molar-refractivity contribution in [2.45, 2.75) is 0 Å². The molecule has 150 heavy (non-hydrogen) atoms. The summed E-state index contributed by atoms with van der Waals surface area (Å²) in [5, 5.41) is 46.7. The predicted octanol–water partition coefficient (Wildman–Crippen LogP) is 34.5. The van der Waals surface area contributed by atoms with E-state index in [1.54, 1.807) is 37.1 Å². The molecule has 0 amide bonds. The molecule has 700 valence electrons. The van der Waals surface area contributed by atoms with Crippen molar-refractivity contribution in [1.82, 2.24) is 38.2 Å². The van der Waals surface area contributed by atoms with Gasteiger partial charge in [-0.2, -0.15) is 21.0 Å². The van der Waals surface area contributed by atoms with Crippen molar-refractivity contribution in [3.05, 3.63) is 557 Å². The molecule has 0 fully saturated rings. The third-order valence-corrected chi connectivity index (χ3v) is 28.0. The number of aromatic nitrogens is 8. The van der Waals surface area contributed by atoms with Gasteiger partial charge in [-0.05, 0) is 294 Å². The average Bonchev–Trinajstić information content (AvgIpc) is 1.60. The van der Waals surface area contributed by atoms with Crippen molar-refractivity contribution in [2.24, 2.45) is 0 Å². The molecule has 0 aliphatic carbocycles. The van der Waals surface area contributed by atoms with E-state index in [1.807, 2.05) is 48.5 Å². The number of hydrogen-bond donors (Lipinski definition) is 0. The molecule has 12 heteroatoms. The van der Waals surface area contributed by atoms with Gasteiger partial charge in [0.25, 0.3) is 0 Å². The van der Waals surface area contributed by atoms with Gasteiger partial charge < -0.3 is 18.3 Å². The van der Waals surface area contributed by atoms with Gasteiger partial charge in [0.05, 0.1) is 67.0 Å². The summed E-state index contributed by atoms with van der Waals surface area (Å²) in [4.78, 5) is 16.9. The minimum absolute atomic E-state index is 0.422. The first-order valence-corrected chi connectivity index (χ1v) is 49.7. The lowest BCUT2D eigenvalue weighted by atomic mass is 9.98. The maximum atomic E-state index is 9.27. The fourth-order valence-electron chi connectivity index (χ4n) is 20.7. The van der Waals surface area contributed by atoms with E-state index >= 15 is 0 Å². The van der Waals surface area contributed by atoms with Crippen molar-refractivity contribution in [3.63, 3.8) is 0 Å². The smallest absolute Gasteiger partial charge is 0.141 e. The molecule has 12 nitrogen and oxygen atoms in total. The molecule has 0 aliphatic heterocycles. The Morgan fingerprint density at radius 1 is 0.153 bits per heavy atom. The molecule has 0 bridgehead atoms. The van der Waals surface area contributed by atoms with Crippen LogP contribution < -0.4 is 0 Å². The van der Waals surface area contributed by atoms with Crippen LogP contribution in [-0.4, -0.2) is 38.2 Å². The summed E-state index contributed by atoms with van der Waals surface area (Å²) in [5.41, 5.74) is 40.5. The first-order valence-electron chi connectivity index (χ1n) is 49.7. The summed E-state index contributed by atoms with van der Waals surface area (Å²) < 4.78 is 9.36. The zero-order valence-electron chi connectivity index (χ0n) is 81.2. The first kappa shape index (κ1) is 91.4. The highest BCUT2D eigenvalue weighted by Crippen LogP contribution is 2.45. The Morgan fingerprint density at radius 3 is 0.627 bits per heavy atom. The summed E-state index contributed by atoms with van der Waals surface area (Å²) >= 11 is 0. The summed E-state index contributed by atoms with van der Waals surface area (Å²) in [5.74, 6) is 0. The Balaban J connectivity index is 0.000000107. The fraction of sp³-hybridized carbons (Fsp3) is 0. The standard InChI is InChI=1S/3C36H23N3.C30H19N3/c37-22-25-19-31(24-38-23-25)28-13-11-27(12-14-28)30-16-18-36-34(21-30)33-20-29(26-7-3-1-4-8-26)15-17-35(33)39(36)32-9-5-2-6-10-32;37-24-25-19-20-38-34(21-25)28-13-11-27(12-14-28)30-16-18-36-33(23-30)32-22-29(26-7-3-1-4-8-26)15-17-35(32)39(36)31-9-5-2-6-10-31;37-24-31-21-30(19-20-38-31)27-13-11-26(12-14-27)29-16-18-36-34(23-29)33-22-28(25-7-3-1-4-8-25)15-17-35(33)39(36)32-9-5-2-6-10-32;31-20-25-17-24(15-16-32-25)23-12-14-30-28(19-23)27-18-22(21-7-3-1-4-8-21)11-13-29(27)33(30)26-9-5-2-6-10-26/h1-21,23-24H;2*1-23H;1-19H. The van der Waals surface area contributed by atoms with Crippen LogP contribution >= 0.6 is 0 Å². The van der Waals surface area contributed by atoms with Crippen LogP contribution in [-0.2, 0) is 0 Å². The van der Waals surface area contributed by atoms with Crippen LogP contribution in [0.5, 0.6) is 0 Å². The van der Waals surface area contributed by atoms with E-state index in [0.717, 1.165) is 101 Å². The molecule has 0 aliphatic rings. The molecule has 0 radical (unpaired) electrons. The molecule has 0 atom stereocenters. The Kier molecular flexibility index (Phi) is 24.8. The minimum Gasteiger partial charge on any atom is -0.309 e. The number of nitriles is 4. The third-order valence-electron chi connectivity index (χ3n) is 28.0. The molecule has 0 saturated heterocycles. The average molecular weight is 1910 g/mol. The minimum atomic E-state index is 0.422. The van der Waals surface area contributed by atoms with Crippen LogP contribution in [0.4, 0.5) is 0 Å². The normalized spacial score (nSPS) is 11.0. The summed E-state index contributed by atoms with van der Waals surface area (Å²) in [6.07, 6.45) is 8.44. The maximum Gasteiger partial charge on any atom is 0.141 e. The van der Waals surface area contributed by atoms with E-state index in [9.17, 15) is 21.0 Å². The maximum absolute atomic E-state index is 9.27. The van der Waals surface area contributed by atoms with Gasteiger partial charge in [0.1, 0.15) is 29.6 Å². The lowest BCUT2D eigenvalue weighted by Gasteiger charge is -2.09. The van der Waals surface area contributed by atoms with E-state index in [2.05, 4.69) is 511 Å². The predicted molar refractivity (Wildman–Crippen MR) is 613 cm³/mol. The zero-order valence-corrected chi connectivity index (χ0v) is 81.2. The quantitative estimate of drug-likeness (QED) is 0.0978. The SMILES string of the molecule is N#Cc1cc(-c2ccc(-c3ccc4c(c3)c3cc(-c5ccccc5)ccc3n4-c3ccccc3)cc2)ccn1.N#Cc1cc(-c2ccc3c(c2)c2cc(-c4ccccc4)ccc2n3-c2ccccc2)ccn1.N#Cc1ccnc(-c2ccc(-c3ccc4c(c3)c3cc(-c5ccccc5)ccc3n4-c3ccccc3)cc2)c1.N#Cc1cncc(-c2ccc(-c3ccc4c(c3)c3cc(-c5ccccc5)ccc3n4-c3ccccc3)cc2)c1. The number of para-hydroxylation sites is 4. The van der Waals surface area contributed by atoms with Crippen LogP contribution in [0.3, 0.4) is 0 Å². The van der Waals surface area contributed by atoms with Gasteiger partial charge in [-0.25, -0.2) is 9.97 Å². The lowest BCUT2D eigenvalue weighted by Crippen LogP contribution is -1.93. The van der Waals surface area contributed by atoms with Gasteiger partial charge in [0.15, 0.2) is 0 Å². The Labute approximate surface area is 867 Å². The van der Waals surface area contributed by atoms with Crippen LogP contribution in [0.25, 0.3) is 232 Å². The number of fused-ring (bicyclic) bond motifs is 12. The molecule has 27 rings (SSSR count). The second kappa shape index (κ2) is 40.7. The van der Waals surface area contributed by atoms with E-state index in [1.165, 1.54) is 132 Å². The van der Waals surface area contributed by atoms with Crippen LogP contribution in [0, 0.1) is 45.3 Å². The molecule has 0 saturated carbocycles. The number of hydrogen-bond acceptors (Lipinski definition) is 8. The van der Waals surface area contributed by atoms with Gasteiger partial charge >= 0.3 is 0 Å². The van der Waals surface area contributed by atoms with E-state index in [-0.39, 0.29) is 0 Å². The van der Waals surface area contributed by atoms with Crippen molar-refractivity contribution in [1.29, 1.82) is 21.0 Å².